The Morgan fingerprint density at radius 3 is 2.71 bits per heavy atom. The van der Waals surface area contributed by atoms with Gasteiger partial charge < -0.3 is 15.0 Å². The molecule has 1 N–H and O–H groups in total. The molecule has 0 aliphatic carbocycles. The van der Waals surface area contributed by atoms with Crippen molar-refractivity contribution in [1.82, 2.24) is 9.88 Å². The maximum atomic E-state index is 12.8. The second kappa shape index (κ2) is 11.2. The van der Waals surface area contributed by atoms with Gasteiger partial charge >= 0.3 is 12.0 Å². The number of ether oxygens (including phenoxy) is 1. The van der Waals surface area contributed by atoms with Gasteiger partial charge in [-0.05, 0) is 31.5 Å². The van der Waals surface area contributed by atoms with Crippen molar-refractivity contribution in [1.29, 1.82) is 0 Å². The van der Waals surface area contributed by atoms with Crippen LogP contribution in [-0.2, 0) is 11.3 Å². The van der Waals surface area contributed by atoms with Gasteiger partial charge in [-0.1, -0.05) is 43.0 Å². The van der Waals surface area contributed by atoms with Gasteiger partial charge in [0.05, 0.1) is 23.9 Å². The Balaban J connectivity index is 2.10. The van der Waals surface area contributed by atoms with Crippen LogP contribution in [-0.4, -0.2) is 35.0 Å². The summed E-state index contributed by atoms with van der Waals surface area (Å²) >= 11 is 13.4. The maximum Gasteiger partial charge on any atom is 0.357 e. The predicted molar refractivity (Wildman–Crippen MR) is 113 cm³/mol. The quantitative estimate of drug-likeness (QED) is 0.389. The molecule has 1 aromatic heterocycles. The molecule has 0 aliphatic heterocycles. The minimum atomic E-state index is -0.458. The largest absolute Gasteiger partial charge is 0.461 e. The minimum Gasteiger partial charge on any atom is -0.461 e. The van der Waals surface area contributed by atoms with Gasteiger partial charge in [0.2, 0.25) is 0 Å². The number of urea groups is 1. The zero-order chi connectivity index (χ0) is 20.5. The lowest BCUT2D eigenvalue weighted by Crippen LogP contribution is -2.35. The number of anilines is 1. The van der Waals surface area contributed by atoms with Crippen LogP contribution < -0.4 is 5.32 Å². The molecule has 0 saturated heterocycles. The molecule has 9 heteroatoms. The summed E-state index contributed by atoms with van der Waals surface area (Å²) in [5.74, 6) is -0.458. The van der Waals surface area contributed by atoms with E-state index >= 15 is 0 Å². The number of amides is 2. The molecule has 2 rings (SSSR count). The van der Waals surface area contributed by atoms with Crippen molar-refractivity contribution in [3.63, 3.8) is 0 Å². The first-order valence-electron chi connectivity index (χ1n) is 9.07. The van der Waals surface area contributed by atoms with E-state index in [0.29, 0.717) is 40.4 Å². The van der Waals surface area contributed by atoms with Crippen molar-refractivity contribution in [2.24, 2.45) is 0 Å². The molecule has 0 bridgehead atoms. The molecule has 0 aliphatic rings. The number of aromatic nitrogens is 1. The van der Waals surface area contributed by atoms with E-state index < -0.39 is 5.97 Å². The fourth-order valence-corrected chi connectivity index (χ4v) is 3.67. The second-order valence-corrected chi connectivity index (χ2v) is 7.82. The number of nitrogens with one attached hydrogen (secondary N) is 1. The lowest BCUT2D eigenvalue weighted by Gasteiger charge is -2.22. The smallest absolute Gasteiger partial charge is 0.357 e. The van der Waals surface area contributed by atoms with Gasteiger partial charge in [0.25, 0.3) is 0 Å². The van der Waals surface area contributed by atoms with E-state index in [1.165, 1.54) is 11.3 Å². The molecule has 2 aromatic rings. The van der Waals surface area contributed by atoms with E-state index in [2.05, 4.69) is 17.2 Å². The van der Waals surface area contributed by atoms with Crippen molar-refractivity contribution >= 4 is 52.2 Å². The number of nitrogens with zero attached hydrogens (tertiary/aromatic N) is 2. The molecular weight excluding hydrogens is 421 g/mol. The third-order valence-corrected chi connectivity index (χ3v) is 5.24. The summed E-state index contributed by atoms with van der Waals surface area (Å²) in [6, 6.07) is 4.62. The van der Waals surface area contributed by atoms with Crippen LogP contribution in [0.2, 0.25) is 10.0 Å². The molecule has 2 amide bonds. The molecule has 28 heavy (non-hydrogen) atoms. The van der Waals surface area contributed by atoms with Crippen LogP contribution in [0, 0.1) is 0 Å². The van der Waals surface area contributed by atoms with Crippen molar-refractivity contribution in [2.45, 2.75) is 39.7 Å². The van der Waals surface area contributed by atoms with Crippen LogP contribution in [0.1, 0.15) is 48.6 Å². The van der Waals surface area contributed by atoms with E-state index in [0.717, 1.165) is 19.3 Å². The highest BCUT2D eigenvalue weighted by Crippen LogP contribution is 2.26. The van der Waals surface area contributed by atoms with Crippen LogP contribution >= 0.6 is 34.5 Å². The molecule has 0 spiro atoms. The van der Waals surface area contributed by atoms with Crippen LogP contribution in [0.4, 0.5) is 10.5 Å². The number of esters is 1. The van der Waals surface area contributed by atoms with Gasteiger partial charge in [-0.25, -0.2) is 14.6 Å². The first-order valence-corrected chi connectivity index (χ1v) is 10.7. The number of carbonyl (C=O) groups excluding carboxylic acids is 2. The summed E-state index contributed by atoms with van der Waals surface area (Å²) in [7, 11) is 0. The third-order valence-electron chi connectivity index (χ3n) is 3.85. The SMILES string of the molecule is CCCCCN(Cc1nc(C(=O)OCC)cs1)C(=O)Nc1ccc(Cl)cc1Cl. The van der Waals surface area contributed by atoms with Crippen LogP contribution in [0.15, 0.2) is 23.6 Å². The number of thiazole rings is 1. The zero-order valence-electron chi connectivity index (χ0n) is 15.8. The van der Waals surface area contributed by atoms with E-state index in [4.69, 9.17) is 27.9 Å². The molecule has 0 radical (unpaired) electrons. The summed E-state index contributed by atoms with van der Waals surface area (Å²) in [6.07, 6.45) is 2.93. The lowest BCUT2D eigenvalue weighted by molar-refractivity contribution is 0.0520. The molecular formula is C19H23Cl2N3O3S. The second-order valence-electron chi connectivity index (χ2n) is 6.03. The molecule has 6 nitrogen and oxygen atoms in total. The Morgan fingerprint density at radius 1 is 1.25 bits per heavy atom. The monoisotopic (exact) mass is 443 g/mol. The number of hydrogen-bond acceptors (Lipinski definition) is 5. The number of rotatable bonds is 9. The summed E-state index contributed by atoms with van der Waals surface area (Å²) in [5, 5.41) is 5.99. The van der Waals surface area contributed by atoms with Gasteiger partial charge in [-0.2, -0.15) is 0 Å². The summed E-state index contributed by atoms with van der Waals surface area (Å²) in [4.78, 5) is 30.6. The highest BCUT2D eigenvalue weighted by atomic mass is 35.5. The highest BCUT2D eigenvalue weighted by Gasteiger charge is 2.18. The normalized spacial score (nSPS) is 10.6. The van der Waals surface area contributed by atoms with Crippen LogP contribution in [0.3, 0.4) is 0 Å². The average Bonchev–Trinajstić information content (AvgIpc) is 3.12. The first-order chi connectivity index (χ1) is 13.4. The molecule has 1 aromatic carbocycles. The Hall–Kier alpha value is -1.83. The fraction of sp³-hybridized carbons (Fsp3) is 0.421. The maximum absolute atomic E-state index is 12.8. The van der Waals surface area contributed by atoms with Crippen LogP contribution in [0.25, 0.3) is 0 Å². The Morgan fingerprint density at radius 2 is 2.04 bits per heavy atom. The highest BCUT2D eigenvalue weighted by molar-refractivity contribution is 7.09. The van der Waals surface area contributed by atoms with E-state index in [-0.39, 0.29) is 11.7 Å². The average molecular weight is 444 g/mol. The third kappa shape index (κ3) is 6.65. The van der Waals surface area contributed by atoms with Gasteiger partial charge in [0.15, 0.2) is 5.69 Å². The molecule has 0 fully saturated rings. The Labute approximate surface area is 178 Å². The van der Waals surface area contributed by atoms with Crippen LogP contribution in [0.5, 0.6) is 0 Å². The molecule has 0 atom stereocenters. The van der Waals surface area contributed by atoms with Crippen molar-refractivity contribution in [3.05, 3.63) is 44.3 Å². The number of benzene rings is 1. The number of hydrogen-bond donors (Lipinski definition) is 1. The van der Waals surface area contributed by atoms with E-state index in [9.17, 15) is 9.59 Å². The zero-order valence-corrected chi connectivity index (χ0v) is 18.2. The minimum absolute atomic E-state index is 0.261. The van der Waals surface area contributed by atoms with Gasteiger partial charge in [0.1, 0.15) is 5.01 Å². The predicted octanol–water partition coefficient (Wildman–Crippen LogP) is 5.85. The van der Waals surface area contributed by atoms with Crippen molar-refractivity contribution in [3.8, 4) is 0 Å². The first kappa shape index (κ1) is 22.5. The van der Waals surface area contributed by atoms with Gasteiger partial charge in [0, 0.05) is 16.9 Å². The van der Waals surface area contributed by atoms with Crippen molar-refractivity contribution < 1.29 is 14.3 Å². The topological polar surface area (TPSA) is 71.5 Å². The Kier molecular flexibility index (Phi) is 9.02. The summed E-state index contributed by atoms with van der Waals surface area (Å²) in [5.41, 5.74) is 0.749. The summed E-state index contributed by atoms with van der Waals surface area (Å²) < 4.78 is 4.96. The fourth-order valence-electron chi connectivity index (χ4n) is 2.44. The summed E-state index contributed by atoms with van der Waals surface area (Å²) in [6.45, 7) is 5.00. The molecule has 152 valence electrons. The number of unbranched alkanes of at least 4 members (excludes halogenated alkanes) is 2. The molecule has 1 heterocycles. The Bertz CT molecular complexity index is 813. The van der Waals surface area contributed by atoms with Gasteiger partial charge in [-0.3, -0.25) is 0 Å². The van der Waals surface area contributed by atoms with Gasteiger partial charge in [-0.15, -0.1) is 11.3 Å². The van der Waals surface area contributed by atoms with E-state index in [1.807, 2.05) is 0 Å². The van der Waals surface area contributed by atoms with Crippen molar-refractivity contribution in [2.75, 3.05) is 18.5 Å². The lowest BCUT2D eigenvalue weighted by atomic mass is 10.2. The van der Waals surface area contributed by atoms with E-state index in [1.54, 1.807) is 35.4 Å². The number of halogens is 2. The molecule has 0 saturated carbocycles. The standard InChI is InChI=1S/C19H23Cl2N3O3S/c1-3-5-6-9-24(11-17-22-16(12-28-17)18(25)27-4-2)19(26)23-15-8-7-13(20)10-14(15)21/h7-8,10,12H,3-6,9,11H2,1-2H3,(H,23,26). The molecule has 0 unspecified atom stereocenters. The number of carbonyl (C=O) groups is 2.